The number of likely N-dealkylation sites (tertiary alicyclic amines) is 1. The number of carbonyl (C=O) groups is 1. The molecule has 1 aliphatic rings. The van der Waals surface area contributed by atoms with Gasteiger partial charge in [-0.2, -0.15) is 0 Å². The first-order chi connectivity index (χ1) is 12.1. The number of hydrogen-bond donors (Lipinski definition) is 0. The van der Waals surface area contributed by atoms with E-state index in [9.17, 15) is 4.79 Å². The SMILES string of the molecule is C=CCCC(=O)N1CCCC(c2nnc(Cn3ccnc3C)n2C)C1. The molecule has 1 amide bonds. The van der Waals surface area contributed by atoms with Crippen LogP contribution in [0, 0.1) is 6.92 Å². The zero-order valence-corrected chi connectivity index (χ0v) is 15.1. The molecular weight excluding hydrogens is 316 g/mol. The van der Waals surface area contributed by atoms with Crippen LogP contribution in [0.2, 0.25) is 0 Å². The Balaban J connectivity index is 1.70. The van der Waals surface area contributed by atoms with Crippen molar-refractivity contribution in [3.8, 4) is 0 Å². The Morgan fingerprint density at radius 3 is 3.00 bits per heavy atom. The van der Waals surface area contributed by atoms with Crippen LogP contribution < -0.4 is 0 Å². The standard InChI is InChI=1S/C18H26N6O/c1-4-5-8-17(25)24-10-6-7-15(12-24)18-21-20-16(22(18)3)13-23-11-9-19-14(23)2/h4,9,11,15H,1,5-8,10,12-13H2,2-3H3. The highest BCUT2D eigenvalue weighted by atomic mass is 16.2. The second kappa shape index (κ2) is 7.63. The fourth-order valence-corrected chi connectivity index (χ4v) is 3.39. The van der Waals surface area contributed by atoms with Crippen LogP contribution in [0.4, 0.5) is 0 Å². The first-order valence-electron chi connectivity index (χ1n) is 8.84. The summed E-state index contributed by atoms with van der Waals surface area (Å²) in [5.41, 5.74) is 0. The van der Waals surface area contributed by atoms with Crippen molar-refractivity contribution in [2.75, 3.05) is 13.1 Å². The number of amides is 1. The van der Waals surface area contributed by atoms with E-state index in [4.69, 9.17) is 0 Å². The van der Waals surface area contributed by atoms with Crippen molar-refractivity contribution in [3.63, 3.8) is 0 Å². The molecule has 0 aromatic carbocycles. The fraction of sp³-hybridized carbons (Fsp3) is 0.556. The van der Waals surface area contributed by atoms with E-state index in [-0.39, 0.29) is 11.8 Å². The van der Waals surface area contributed by atoms with E-state index in [0.29, 0.717) is 13.0 Å². The largest absolute Gasteiger partial charge is 0.342 e. The van der Waals surface area contributed by atoms with E-state index in [2.05, 4.69) is 30.9 Å². The molecule has 1 fully saturated rings. The predicted molar refractivity (Wildman–Crippen MR) is 95.1 cm³/mol. The molecule has 2 aromatic rings. The normalized spacial score (nSPS) is 17.7. The molecule has 0 radical (unpaired) electrons. The topological polar surface area (TPSA) is 68.8 Å². The molecule has 3 heterocycles. The van der Waals surface area contributed by atoms with Crippen LogP contribution in [0.15, 0.2) is 25.0 Å². The Morgan fingerprint density at radius 1 is 1.44 bits per heavy atom. The second-order valence-corrected chi connectivity index (χ2v) is 6.64. The van der Waals surface area contributed by atoms with Crippen LogP contribution in [-0.2, 0) is 18.4 Å². The monoisotopic (exact) mass is 342 g/mol. The summed E-state index contributed by atoms with van der Waals surface area (Å²) in [6.07, 6.45) is 8.87. The Kier molecular flexibility index (Phi) is 5.31. The van der Waals surface area contributed by atoms with E-state index < -0.39 is 0 Å². The summed E-state index contributed by atoms with van der Waals surface area (Å²) in [7, 11) is 2.01. The van der Waals surface area contributed by atoms with Crippen LogP contribution in [0.3, 0.4) is 0 Å². The van der Waals surface area contributed by atoms with E-state index in [1.807, 2.05) is 25.1 Å². The minimum atomic E-state index is 0.209. The average molecular weight is 342 g/mol. The highest BCUT2D eigenvalue weighted by molar-refractivity contribution is 5.76. The summed E-state index contributed by atoms with van der Waals surface area (Å²) in [5.74, 6) is 3.29. The number of allylic oxidation sites excluding steroid dienone is 1. The lowest BCUT2D eigenvalue weighted by Gasteiger charge is -2.32. The van der Waals surface area contributed by atoms with Crippen LogP contribution in [0.25, 0.3) is 0 Å². The van der Waals surface area contributed by atoms with Gasteiger partial charge in [0, 0.05) is 44.9 Å². The van der Waals surface area contributed by atoms with Gasteiger partial charge in [-0.1, -0.05) is 6.08 Å². The van der Waals surface area contributed by atoms with Crippen molar-refractivity contribution in [2.45, 2.75) is 45.1 Å². The molecule has 7 nitrogen and oxygen atoms in total. The summed E-state index contributed by atoms with van der Waals surface area (Å²) in [4.78, 5) is 18.5. The van der Waals surface area contributed by atoms with Crippen molar-refractivity contribution < 1.29 is 4.79 Å². The van der Waals surface area contributed by atoms with E-state index in [1.54, 1.807) is 12.3 Å². The summed E-state index contributed by atoms with van der Waals surface area (Å²) in [6.45, 7) is 7.89. The van der Waals surface area contributed by atoms with Crippen molar-refractivity contribution in [2.24, 2.45) is 7.05 Å². The van der Waals surface area contributed by atoms with Crippen LogP contribution in [-0.4, -0.2) is 48.2 Å². The van der Waals surface area contributed by atoms with Gasteiger partial charge in [-0.15, -0.1) is 16.8 Å². The van der Waals surface area contributed by atoms with Gasteiger partial charge >= 0.3 is 0 Å². The number of aryl methyl sites for hydroxylation is 1. The minimum absolute atomic E-state index is 0.209. The molecule has 0 bridgehead atoms. The maximum atomic E-state index is 12.3. The zero-order chi connectivity index (χ0) is 17.8. The zero-order valence-electron chi connectivity index (χ0n) is 15.1. The molecule has 0 saturated carbocycles. The lowest BCUT2D eigenvalue weighted by Crippen LogP contribution is -2.39. The molecule has 0 spiro atoms. The molecule has 1 saturated heterocycles. The highest BCUT2D eigenvalue weighted by Gasteiger charge is 2.28. The lowest BCUT2D eigenvalue weighted by molar-refractivity contribution is -0.132. The van der Waals surface area contributed by atoms with Gasteiger partial charge in [-0.3, -0.25) is 4.79 Å². The van der Waals surface area contributed by atoms with Crippen molar-refractivity contribution >= 4 is 5.91 Å². The number of aromatic nitrogens is 5. The van der Waals surface area contributed by atoms with Gasteiger partial charge in [0.1, 0.15) is 11.6 Å². The Bertz CT molecular complexity index is 747. The Hall–Kier alpha value is -2.44. The quantitative estimate of drug-likeness (QED) is 0.753. The summed E-state index contributed by atoms with van der Waals surface area (Å²) < 4.78 is 4.13. The number of nitrogens with zero attached hydrogens (tertiary/aromatic N) is 6. The van der Waals surface area contributed by atoms with Crippen LogP contribution in [0.1, 0.15) is 49.1 Å². The van der Waals surface area contributed by atoms with Crippen molar-refractivity contribution in [1.82, 2.24) is 29.2 Å². The van der Waals surface area contributed by atoms with Gasteiger partial charge in [0.2, 0.25) is 5.91 Å². The summed E-state index contributed by atoms with van der Waals surface area (Å²) in [5, 5.41) is 8.80. The molecule has 0 N–H and O–H groups in total. The molecular formula is C18H26N6O. The fourth-order valence-electron chi connectivity index (χ4n) is 3.39. The van der Waals surface area contributed by atoms with E-state index in [1.165, 1.54) is 0 Å². The van der Waals surface area contributed by atoms with Crippen molar-refractivity contribution in [1.29, 1.82) is 0 Å². The van der Waals surface area contributed by atoms with Gasteiger partial charge in [-0.25, -0.2) is 4.98 Å². The molecule has 3 rings (SSSR count). The molecule has 0 aliphatic carbocycles. The van der Waals surface area contributed by atoms with E-state index >= 15 is 0 Å². The highest BCUT2D eigenvalue weighted by Crippen LogP contribution is 2.26. The maximum absolute atomic E-state index is 12.3. The second-order valence-electron chi connectivity index (χ2n) is 6.64. The van der Waals surface area contributed by atoms with Gasteiger partial charge in [0.15, 0.2) is 5.82 Å². The van der Waals surface area contributed by atoms with Gasteiger partial charge in [0.25, 0.3) is 0 Å². The third-order valence-corrected chi connectivity index (χ3v) is 4.94. The van der Waals surface area contributed by atoms with Gasteiger partial charge < -0.3 is 14.0 Å². The Labute approximate surface area is 148 Å². The summed E-state index contributed by atoms with van der Waals surface area (Å²) >= 11 is 0. The van der Waals surface area contributed by atoms with E-state index in [0.717, 1.165) is 49.8 Å². The molecule has 2 aromatic heterocycles. The number of carbonyl (C=O) groups excluding carboxylic acids is 1. The first-order valence-corrected chi connectivity index (χ1v) is 8.84. The van der Waals surface area contributed by atoms with Crippen LogP contribution >= 0.6 is 0 Å². The summed E-state index contributed by atoms with van der Waals surface area (Å²) in [6, 6.07) is 0. The van der Waals surface area contributed by atoms with Gasteiger partial charge in [-0.05, 0) is 26.2 Å². The number of hydrogen-bond acceptors (Lipinski definition) is 4. The minimum Gasteiger partial charge on any atom is -0.342 e. The van der Waals surface area contributed by atoms with Crippen LogP contribution in [0.5, 0.6) is 0 Å². The third-order valence-electron chi connectivity index (χ3n) is 4.94. The molecule has 25 heavy (non-hydrogen) atoms. The molecule has 1 unspecified atom stereocenters. The Morgan fingerprint density at radius 2 is 2.28 bits per heavy atom. The smallest absolute Gasteiger partial charge is 0.222 e. The predicted octanol–water partition coefficient (Wildman–Crippen LogP) is 2.04. The number of imidazole rings is 1. The average Bonchev–Trinajstić information content (AvgIpc) is 3.19. The number of rotatable bonds is 6. The maximum Gasteiger partial charge on any atom is 0.222 e. The lowest BCUT2D eigenvalue weighted by atomic mass is 9.96. The number of piperidine rings is 1. The van der Waals surface area contributed by atoms with Crippen molar-refractivity contribution in [3.05, 3.63) is 42.5 Å². The first kappa shape index (κ1) is 17.4. The molecule has 1 aliphatic heterocycles. The molecule has 1 atom stereocenters. The van der Waals surface area contributed by atoms with Gasteiger partial charge in [0.05, 0.1) is 6.54 Å². The third kappa shape index (κ3) is 3.81. The molecule has 134 valence electrons. The molecule has 7 heteroatoms.